The van der Waals surface area contributed by atoms with Crippen LogP contribution in [0.3, 0.4) is 0 Å². The lowest BCUT2D eigenvalue weighted by molar-refractivity contribution is -0.0648. The predicted molar refractivity (Wildman–Crippen MR) is 43.4 cm³/mol. The Morgan fingerprint density at radius 2 is 2.00 bits per heavy atom. The van der Waals surface area contributed by atoms with Gasteiger partial charge in [0.2, 0.25) is 0 Å². The zero-order chi connectivity index (χ0) is 8.48. The summed E-state index contributed by atoms with van der Waals surface area (Å²) in [4.78, 5) is 0. The third-order valence-electron chi connectivity index (χ3n) is 1.57. The zero-order valence-corrected chi connectivity index (χ0v) is 7.46. The van der Waals surface area contributed by atoms with Crippen LogP contribution in [0.15, 0.2) is 0 Å². The van der Waals surface area contributed by atoms with Crippen molar-refractivity contribution >= 4 is 0 Å². The molecule has 0 saturated carbocycles. The average Bonchev–Trinajstić information content (AvgIpc) is 2.12. The van der Waals surface area contributed by atoms with E-state index in [1.54, 1.807) is 0 Å². The predicted octanol–water partition coefficient (Wildman–Crippen LogP) is 0.528. The highest BCUT2D eigenvalue weighted by Crippen LogP contribution is 2.16. The van der Waals surface area contributed by atoms with Gasteiger partial charge in [0.25, 0.3) is 0 Å². The third kappa shape index (κ3) is 2.77. The van der Waals surface area contributed by atoms with Crippen molar-refractivity contribution in [1.82, 2.24) is 0 Å². The summed E-state index contributed by atoms with van der Waals surface area (Å²) in [5.74, 6) is 0. The van der Waals surface area contributed by atoms with Crippen molar-refractivity contribution in [2.45, 2.75) is 38.5 Å². The van der Waals surface area contributed by atoms with Crippen LogP contribution in [0.2, 0.25) is 0 Å². The molecule has 1 heterocycles. The number of hydrogen-bond acceptors (Lipinski definition) is 3. The molecular weight excluding hydrogens is 142 g/mol. The highest BCUT2D eigenvalue weighted by atomic mass is 16.6. The molecule has 0 spiro atoms. The molecule has 0 aliphatic carbocycles. The quantitative estimate of drug-likeness (QED) is 0.607. The van der Waals surface area contributed by atoms with Gasteiger partial charge in [0.15, 0.2) is 0 Å². The molecule has 0 unspecified atom stereocenters. The van der Waals surface area contributed by atoms with Gasteiger partial charge in [-0.2, -0.15) is 0 Å². The fourth-order valence-electron chi connectivity index (χ4n) is 1.13. The summed E-state index contributed by atoms with van der Waals surface area (Å²) >= 11 is 0. The fourth-order valence-corrected chi connectivity index (χ4v) is 1.13. The van der Waals surface area contributed by atoms with Crippen LogP contribution in [0.4, 0.5) is 0 Å². The molecule has 2 N–H and O–H groups in total. The molecule has 3 heteroatoms. The summed E-state index contributed by atoms with van der Waals surface area (Å²) in [5, 5.41) is 0. The largest absolute Gasteiger partial charge is 0.377 e. The van der Waals surface area contributed by atoms with Gasteiger partial charge in [-0.1, -0.05) is 0 Å². The van der Waals surface area contributed by atoms with Crippen molar-refractivity contribution in [3.05, 3.63) is 0 Å². The van der Waals surface area contributed by atoms with E-state index in [1.165, 1.54) is 0 Å². The van der Waals surface area contributed by atoms with E-state index in [-0.39, 0.29) is 17.7 Å². The number of nitrogens with two attached hydrogens (primary N) is 1. The second kappa shape index (κ2) is 3.09. The first kappa shape index (κ1) is 8.97. The summed E-state index contributed by atoms with van der Waals surface area (Å²) < 4.78 is 10.8. The molecule has 11 heavy (non-hydrogen) atoms. The first-order chi connectivity index (χ1) is 4.99. The van der Waals surface area contributed by atoms with Gasteiger partial charge < -0.3 is 15.2 Å². The first-order valence-corrected chi connectivity index (χ1v) is 4.00. The molecule has 0 aromatic carbocycles. The molecule has 1 saturated heterocycles. The smallest absolute Gasteiger partial charge is 0.0988 e. The molecule has 0 radical (unpaired) electrons. The van der Waals surface area contributed by atoms with E-state index in [4.69, 9.17) is 15.2 Å². The van der Waals surface area contributed by atoms with Gasteiger partial charge >= 0.3 is 0 Å². The highest BCUT2D eigenvalue weighted by molar-refractivity contribution is 4.80. The summed E-state index contributed by atoms with van der Waals surface area (Å²) in [7, 11) is 0. The van der Waals surface area contributed by atoms with Gasteiger partial charge in [-0.3, -0.25) is 0 Å². The molecule has 1 fully saturated rings. The molecule has 1 rings (SSSR count). The maximum absolute atomic E-state index is 5.74. The lowest BCUT2D eigenvalue weighted by Gasteiger charge is -2.25. The Labute approximate surface area is 67.9 Å². The van der Waals surface area contributed by atoms with Crippen LogP contribution in [0.5, 0.6) is 0 Å². The summed E-state index contributed by atoms with van der Waals surface area (Å²) in [6.45, 7) is 7.34. The minimum atomic E-state index is -0.115. The van der Waals surface area contributed by atoms with Crippen LogP contribution in [0.25, 0.3) is 0 Å². The Hall–Kier alpha value is -0.120. The van der Waals surface area contributed by atoms with Gasteiger partial charge in [0.1, 0.15) is 0 Å². The van der Waals surface area contributed by atoms with Crippen molar-refractivity contribution in [2.75, 3.05) is 13.2 Å². The van der Waals surface area contributed by atoms with E-state index < -0.39 is 0 Å². The lowest BCUT2D eigenvalue weighted by Crippen LogP contribution is -2.40. The maximum atomic E-state index is 5.74. The Morgan fingerprint density at radius 3 is 2.36 bits per heavy atom. The maximum Gasteiger partial charge on any atom is 0.0988 e. The minimum Gasteiger partial charge on any atom is -0.377 e. The van der Waals surface area contributed by atoms with E-state index >= 15 is 0 Å². The van der Waals surface area contributed by atoms with Crippen LogP contribution in [-0.4, -0.2) is 31.0 Å². The molecule has 1 aliphatic heterocycles. The van der Waals surface area contributed by atoms with Crippen LogP contribution in [0, 0.1) is 0 Å². The lowest BCUT2D eigenvalue weighted by atomic mass is 10.1. The van der Waals surface area contributed by atoms with Gasteiger partial charge in [0.05, 0.1) is 31.0 Å². The van der Waals surface area contributed by atoms with Crippen LogP contribution >= 0.6 is 0 Å². The van der Waals surface area contributed by atoms with Gasteiger partial charge in [-0.05, 0) is 20.8 Å². The summed E-state index contributed by atoms with van der Waals surface area (Å²) in [6, 6.07) is 0.0502. The van der Waals surface area contributed by atoms with E-state index in [0.29, 0.717) is 13.2 Å². The Kier molecular flexibility index (Phi) is 2.52. The van der Waals surface area contributed by atoms with Crippen LogP contribution in [-0.2, 0) is 9.47 Å². The van der Waals surface area contributed by atoms with Crippen molar-refractivity contribution in [3.63, 3.8) is 0 Å². The normalized spacial score (nSPS) is 32.7. The molecule has 66 valence electrons. The molecule has 1 aliphatic rings. The van der Waals surface area contributed by atoms with Crippen molar-refractivity contribution < 1.29 is 9.47 Å². The SMILES string of the molecule is CC(C)(C)O[C@H]1COC[C@@H]1N. The topological polar surface area (TPSA) is 44.5 Å². The Balaban J connectivity index is 2.37. The number of hydrogen-bond donors (Lipinski definition) is 1. The van der Waals surface area contributed by atoms with E-state index in [2.05, 4.69) is 0 Å². The molecule has 2 atom stereocenters. The minimum absolute atomic E-state index is 0.0502. The van der Waals surface area contributed by atoms with Gasteiger partial charge in [0, 0.05) is 0 Å². The number of ether oxygens (including phenoxy) is 2. The van der Waals surface area contributed by atoms with Crippen LogP contribution < -0.4 is 5.73 Å². The number of rotatable bonds is 1. The molecule has 3 nitrogen and oxygen atoms in total. The molecule has 0 aromatic rings. The molecular formula is C8H17NO2. The Bertz CT molecular complexity index is 131. The van der Waals surface area contributed by atoms with Crippen molar-refractivity contribution in [2.24, 2.45) is 5.73 Å². The van der Waals surface area contributed by atoms with E-state index in [1.807, 2.05) is 20.8 Å². The Morgan fingerprint density at radius 1 is 1.36 bits per heavy atom. The van der Waals surface area contributed by atoms with E-state index in [9.17, 15) is 0 Å². The second-order valence-electron chi connectivity index (χ2n) is 3.97. The summed E-state index contributed by atoms with van der Waals surface area (Å²) in [6.07, 6.45) is 0.0787. The average molecular weight is 159 g/mol. The van der Waals surface area contributed by atoms with Gasteiger partial charge in [-0.25, -0.2) is 0 Å². The zero-order valence-electron chi connectivity index (χ0n) is 7.46. The monoisotopic (exact) mass is 159 g/mol. The first-order valence-electron chi connectivity index (χ1n) is 4.00. The standard InChI is InChI=1S/C8H17NO2/c1-8(2,3)11-7-5-10-4-6(7)9/h6-7H,4-5,9H2,1-3H3/t6-,7-/m0/s1. The molecule has 0 aromatic heterocycles. The second-order valence-corrected chi connectivity index (χ2v) is 3.97. The van der Waals surface area contributed by atoms with Gasteiger partial charge in [-0.15, -0.1) is 0 Å². The van der Waals surface area contributed by atoms with Crippen molar-refractivity contribution in [1.29, 1.82) is 0 Å². The van der Waals surface area contributed by atoms with Crippen molar-refractivity contribution in [3.8, 4) is 0 Å². The summed E-state index contributed by atoms with van der Waals surface area (Å²) in [5.41, 5.74) is 5.62. The third-order valence-corrected chi connectivity index (χ3v) is 1.57. The highest BCUT2D eigenvalue weighted by Gasteiger charge is 2.29. The molecule has 0 amide bonds. The van der Waals surface area contributed by atoms with Crippen LogP contribution in [0.1, 0.15) is 20.8 Å². The van der Waals surface area contributed by atoms with E-state index in [0.717, 1.165) is 0 Å². The molecule has 0 bridgehead atoms. The fraction of sp³-hybridized carbons (Fsp3) is 1.00.